The minimum atomic E-state index is -1.04. The third kappa shape index (κ3) is 8.54. The van der Waals surface area contributed by atoms with E-state index in [4.69, 9.17) is 18.9 Å². The number of aliphatic hydroxyl groups excluding tert-OH is 2. The number of methoxy groups -OCH3 is 2. The van der Waals surface area contributed by atoms with Gasteiger partial charge < -0.3 is 34.1 Å². The smallest absolute Gasteiger partial charge is 0.209 e. The Bertz CT molecular complexity index is 2560. The quantitative estimate of drug-likeness (QED) is 0.0466. The Hall–Kier alpha value is -5.84. The van der Waals surface area contributed by atoms with E-state index in [9.17, 15) is 10.2 Å². The fraction of sp³-hybridized carbons (Fsp3) is 0.368. The van der Waals surface area contributed by atoms with Gasteiger partial charge in [-0.2, -0.15) is 4.58 Å². The second kappa shape index (κ2) is 19.6. The van der Waals surface area contributed by atoms with Crippen LogP contribution in [-0.2, 0) is 25.9 Å². The molecule has 9 nitrogen and oxygen atoms in total. The summed E-state index contributed by atoms with van der Waals surface area (Å²) in [7, 11) is 3.30. The van der Waals surface area contributed by atoms with Gasteiger partial charge in [-0.05, 0) is 86.4 Å². The molecule has 2 heterocycles. The van der Waals surface area contributed by atoms with Crippen molar-refractivity contribution in [1.82, 2.24) is 0 Å². The summed E-state index contributed by atoms with van der Waals surface area (Å²) >= 11 is 0. The lowest BCUT2D eigenvalue weighted by Crippen LogP contribution is -2.79. The highest BCUT2D eigenvalue weighted by Crippen LogP contribution is 2.49. The van der Waals surface area contributed by atoms with Gasteiger partial charge in [-0.1, -0.05) is 105 Å². The van der Waals surface area contributed by atoms with Gasteiger partial charge in [0.25, 0.3) is 0 Å². The normalized spacial score (nSPS) is 20.7. The molecule has 3 aliphatic rings. The molecule has 5 aromatic rings. The molecule has 5 aromatic carbocycles. The number of likely N-dealkylation sites (N-methyl/N-ethyl adjacent to an activating group) is 1. The predicted octanol–water partition coefficient (Wildman–Crippen LogP) is 8.02. The summed E-state index contributed by atoms with van der Waals surface area (Å²) in [6.07, 6.45) is 3.66. The Morgan fingerprint density at radius 1 is 0.742 bits per heavy atom. The molecule has 1 aliphatic carbocycles. The summed E-state index contributed by atoms with van der Waals surface area (Å²) in [5, 5.41) is 23.5. The number of benzene rings is 5. The number of fused-ring (bicyclic) bond motifs is 2. The molecule has 8 rings (SSSR count). The van der Waals surface area contributed by atoms with Gasteiger partial charge in [0.1, 0.15) is 42.4 Å². The van der Waals surface area contributed by atoms with E-state index in [-0.39, 0.29) is 30.0 Å². The number of ether oxygens (including phenoxy) is 4. The van der Waals surface area contributed by atoms with Gasteiger partial charge >= 0.3 is 0 Å². The molecule has 0 spiro atoms. The van der Waals surface area contributed by atoms with Gasteiger partial charge in [0.15, 0.2) is 11.4 Å². The van der Waals surface area contributed by atoms with E-state index < -0.39 is 17.8 Å². The van der Waals surface area contributed by atoms with Crippen LogP contribution in [0, 0.1) is 5.92 Å². The minimum absolute atomic E-state index is 0.0222. The Balaban J connectivity index is 1.00. The summed E-state index contributed by atoms with van der Waals surface area (Å²) in [5.74, 6) is 1.27. The van der Waals surface area contributed by atoms with Crippen molar-refractivity contribution >= 4 is 22.8 Å². The maximum absolute atomic E-state index is 12.1. The van der Waals surface area contributed by atoms with E-state index in [0.717, 1.165) is 52.6 Å². The first-order chi connectivity index (χ1) is 31.9. The van der Waals surface area contributed by atoms with Crippen LogP contribution in [0.1, 0.15) is 75.8 Å². The second-order valence-corrected chi connectivity index (χ2v) is 18.5. The van der Waals surface area contributed by atoms with Gasteiger partial charge in [0.2, 0.25) is 5.69 Å². The number of hydrogen-bond acceptors (Lipinski definition) is 7. The Morgan fingerprint density at radius 3 is 1.95 bits per heavy atom. The maximum Gasteiger partial charge on any atom is 0.209 e. The zero-order chi connectivity index (χ0) is 46.6. The molecule has 3 N–H and O–H groups in total. The molecule has 0 bridgehead atoms. The van der Waals surface area contributed by atoms with Crippen molar-refractivity contribution in [2.75, 3.05) is 58.6 Å². The molecular weight excluding hydrogens is 823 g/mol. The monoisotopic (exact) mass is 890 g/mol. The molecule has 1 saturated carbocycles. The highest BCUT2D eigenvalue weighted by molar-refractivity contribution is 6.14. The van der Waals surface area contributed by atoms with Crippen molar-refractivity contribution in [1.29, 1.82) is 0 Å². The molecule has 9 heteroatoms. The van der Waals surface area contributed by atoms with E-state index in [1.165, 1.54) is 33.9 Å². The fourth-order valence-electron chi connectivity index (χ4n) is 10.4. The summed E-state index contributed by atoms with van der Waals surface area (Å²) in [6, 6.07) is 43.1. The molecule has 3 atom stereocenters. The summed E-state index contributed by atoms with van der Waals surface area (Å²) < 4.78 is 26.4. The Kier molecular flexibility index (Phi) is 13.8. The summed E-state index contributed by atoms with van der Waals surface area (Å²) in [6.45, 7) is 16.4. The van der Waals surface area contributed by atoms with E-state index in [2.05, 4.69) is 117 Å². The molecule has 0 saturated heterocycles. The van der Waals surface area contributed by atoms with Crippen molar-refractivity contribution in [3.8, 4) is 11.5 Å². The number of rotatable bonds is 18. The average Bonchev–Trinajstić information content (AvgIpc) is 3.71. The first-order valence-corrected chi connectivity index (χ1v) is 23.5. The molecule has 1 fully saturated rings. The van der Waals surface area contributed by atoms with E-state index in [1.54, 1.807) is 14.2 Å². The highest BCUT2D eigenvalue weighted by Gasteiger charge is 2.51. The molecule has 2 aliphatic heterocycles. The van der Waals surface area contributed by atoms with Crippen LogP contribution in [-0.4, -0.2) is 92.1 Å². The Labute approximate surface area is 391 Å². The van der Waals surface area contributed by atoms with Crippen LogP contribution in [0.2, 0.25) is 0 Å². The lowest BCUT2D eigenvalue weighted by Gasteiger charge is -2.36. The van der Waals surface area contributed by atoms with Gasteiger partial charge in [0, 0.05) is 47.5 Å². The molecule has 0 aromatic heterocycles. The van der Waals surface area contributed by atoms with Crippen molar-refractivity contribution in [2.45, 2.75) is 76.6 Å². The number of nitrogens with one attached hydrogen (secondary N) is 1. The highest BCUT2D eigenvalue weighted by atomic mass is 16.5. The molecular formula is C57H67N3O6+2. The number of anilines is 1. The van der Waals surface area contributed by atoms with Crippen molar-refractivity contribution in [3.63, 3.8) is 0 Å². The largest absolute Gasteiger partial charge is 0.497 e. The van der Waals surface area contributed by atoms with Crippen LogP contribution in [0.5, 0.6) is 11.5 Å². The number of aliphatic hydroxyl groups is 2. The molecule has 0 amide bonds. The SMILES string of the molecule is CCN1/C(=C/C2C(=[NH+]CCCOCC(O)COC(c3ccccc3)(c3ccc(OC)cc3)c3ccc(OC)cc3)C(=CC3=[N+](CC)c4ccccc4C3(C)C)C2O)C(C)(C)c2ccccc21. The lowest BCUT2D eigenvalue weighted by molar-refractivity contribution is -0.463. The van der Waals surface area contributed by atoms with Crippen LogP contribution >= 0.6 is 0 Å². The fourth-order valence-corrected chi connectivity index (χ4v) is 10.4. The van der Waals surface area contributed by atoms with Gasteiger partial charge in [0.05, 0.1) is 50.9 Å². The topological polar surface area (TPSA) is 97.6 Å². The molecule has 3 unspecified atom stereocenters. The molecule has 344 valence electrons. The van der Waals surface area contributed by atoms with Crippen molar-refractivity contribution < 1.29 is 38.7 Å². The zero-order valence-corrected chi connectivity index (χ0v) is 39.9. The number of hydrogen-bond donors (Lipinski definition) is 3. The van der Waals surface area contributed by atoms with E-state index in [1.807, 2.05) is 78.9 Å². The van der Waals surface area contributed by atoms with Crippen molar-refractivity contribution in [2.24, 2.45) is 5.92 Å². The number of para-hydroxylation sites is 2. The van der Waals surface area contributed by atoms with Gasteiger partial charge in [-0.25, -0.2) is 4.99 Å². The van der Waals surface area contributed by atoms with Crippen LogP contribution < -0.4 is 19.4 Å². The first kappa shape index (κ1) is 46.7. The Morgan fingerprint density at radius 2 is 1.33 bits per heavy atom. The average molecular weight is 890 g/mol. The summed E-state index contributed by atoms with van der Waals surface area (Å²) in [5.41, 5.74) is 10.6. The third-order valence-corrected chi connectivity index (χ3v) is 13.9. The summed E-state index contributed by atoms with van der Waals surface area (Å²) in [4.78, 5) is 6.17. The molecule has 66 heavy (non-hydrogen) atoms. The lowest BCUT2D eigenvalue weighted by atomic mass is 9.70. The van der Waals surface area contributed by atoms with Crippen LogP contribution in [0.25, 0.3) is 0 Å². The van der Waals surface area contributed by atoms with Gasteiger partial charge in [-0.15, -0.1) is 0 Å². The van der Waals surface area contributed by atoms with Crippen molar-refractivity contribution in [3.05, 3.63) is 179 Å². The van der Waals surface area contributed by atoms with Crippen LogP contribution in [0.4, 0.5) is 11.4 Å². The predicted molar refractivity (Wildman–Crippen MR) is 264 cm³/mol. The van der Waals surface area contributed by atoms with E-state index in [0.29, 0.717) is 19.6 Å². The maximum atomic E-state index is 12.1. The number of allylic oxidation sites excluding steroid dienone is 2. The van der Waals surface area contributed by atoms with E-state index >= 15 is 0 Å². The third-order valence-electron chi connectivity index (χ3n) is 13.9. The zero-order valence-electron chi connectivity index (χ0n) is 39.9. The van der Waals surface area contributed by atoms with Crippen LogP contribution in [0.15, 0.2) is 151 Å². The standard InChI is InChI=1S/C57H66N3O6/c1-9-59-49-23-16-14-21-47(49)55(3,4)51(59)35-45-53(46(54(45)62)36-52-56(5,6)48-22-15-17-24-50(48)60(52)10-2)58-33-18-34-65-37-42(61)38-66-57(39-19-12-11-13-20-39,40-25-29-43(63-7)30-26-40)41-27-31-44(64-8)32-28-41/h11-17,19-32,35-36,42,45,54,61-62H,9-10,18,33-34,37-38H2,1-8H3/q+1/p+1/b46-36?,51-35+,58-53?. The number of nitrogens with zero attached hydrogens (tertiary/aromatic N) is 2. The van der Waals surface area contributed by atoms with Gasteiger partial charge in [-0.3, -0.25) is 0 Å². The minimum Gasteiger partial charge on any atom is -0.497 e. The molecule has 0 radical (unpaired) electrons. The van der Waals surface area contributed by atoms with Crippen LogP contribution in [0.3, 0.4) is 0 Å². The first-order valence-electron chi connectivity index (χ1n) is 23.5. The second-order valence-electron chi connectivity index (χ2n) is 18.5.